The summed E-state index contributed by atoms with van der Waals surface area (Å²) in [7, 11) is -3.07. The molecule has 6 nitrogen and oxygen atoms in total. The lowest BCUT2D eigenvalue weighted by Crippen LogP contribution is -2.50. The standard InChI is InChI=1S/C18H29N3O3S/c1-13(2)14-3-5-15(6-4-14)19-18(22)20-16-9-11-21(12-10-16)25(23,24)17-7-8-17/h3-6,13,16-20,22H,7-12H2,1-2H3. The zero-order valence-corrected chi connectivity index (χ0v) is 15.8. The van der Waals surface area contributed by atoms with Gasteiger partial charge in [-0.2, -0.15) is 0 Å². The van der Waals surface area contributed by atoms with Crippen molar-refractivity contribution in [1.82, 2.24) is 9.62 Å². The van der Waals surface area contributed by atoms with Crippen LogP contribution in [-0.4, -0.2) is 48.6 Å². The first kappa shape index (κ1) is 18.6. The molecule has 0 radical (unpaired) electrons. The molecule has 0 spiro atoms. The average molecular weight is 368 g/mol. The maximum Gasteiger partial charge on any atom is 0.216 e. The van der Waals surface area contributed by atoms with Crippen LogP contribution in [0.25, 0.3) is 0 Å². The Hall–Kier alpha value is -1.15. The summed E-state index contributed by atoms with van der Waals surface area (Å²) in [5.74, 6) is 0.481. The second kappa shape index (κ2) is 7.61. The van der Waals surface area contributed by atoms with E-state index in [2.05, 4.69) is 36.6 Å². The molecular formula is C18H29N3O3S. The average Bonchev–Trinajstić information content (AvgIpc) is 3.41. The predicted molar refractivity (Wildman–Crippen MR) is 99.8 cm³/mol. The molecule has 140 valence electrons. The minimum Gasteiger partial charge on any atom is -0.361 e. The zero-order valence-electron chi connectivity index (χ0n) is 15.0. The Labute approximate surface area is 150 Å². The maximum atomic E-state index is 12.2. The lowest BCUT2D eigenvalue weighted by atomic mass is 10.0. The molecule has 1 aromatic carbocycles. The largest absolute Gasteiger partial charge is 0.361 e. The van der Waals surface area contributed by atoms with Crippen LogP contribution in [0.3, 0.4) is 0 Å². The number of anilines is 1. The van der Waals surface area contributed by atoms with Crippen LogP contribution in [-0.2, 0) is 10.0 Å². The summed E-state index contributed by atoms with van der Waals surface area (Å²) in [5.41, 5.74) is 2.12. The minimum atomic E-state index is -3.07. The number of aliphatic hydroxyl groups is 1. The highest BCUT2D eigenvalue weighted by molar-refractivity contribution is 7.90. The van der Waals surface area contributed by atoms with Crippen molar-refractivity contribution in [3.05, 3.63) is 29.8 Å². The number of hydrogen-bond donors (Lipinski definition) is 3. The number of nitrogens with zero attached hydrogens (tertiary/aromatic N) is 1. The van der Waals surface area contributed by atoms with Gasteiger partial charge in [0.1, 0.15) is 0 Å². The molecule has 0 aromatic heterocycles. The van der Waals surface area contributed by atoms with Gasteiger partial charge in [-0.15, -0.1) is 0 Å². The third-order valence-corrected chi connectivity index (χ3v) is 7.43. The molecule has 0 bridgehead atoms. The molecule has 2 aliphatic rings. The van der Waals surface area contributed by atoms with Gasteiger partial charge in [-0.3, -0.25) is 5.32 Å². The predicted octanol–water partition coefficient (Wildman–Crippen LogP) is 2.04. The van der Waals surface area contributed by atoms with Crippen LogP contribution >= 0.6 is 0 Å². The molecular weight excluding hydrogens is 338 g/mol. The van der Waals surface area contributed by atoms with Crippen molar-refractivity contribution in [3.8, 4) is 0 Å². The lowest BCUT2D eigenvalue weighted by Gasteiger charge is -2.33. The van der Waals surface area contributed by atoms with Crippen LogP contribution in [0.5, 0.6) is 0 Å². The number of nitrogens with one attached hydrogen (secondary N) is 2. The normalized spacial score (nSPS) is 21.4. The monoisotopic (exact) mass is 367 g/mol. The van der Waals surface area contributed by atoms with Crippen LogP contribution in [0.2, 0.25) is 0 Å². The molecule has 3 rings (SSSR count). The van der Waals surface area contributed by atoms with Crippen LogP contribution in [0.4, 0.5) is 5.69 Å². The molecule has 1 aromatic rings. The first-order valence-electron chi connectivity index (χ1n) is 9.16. The summed E-state index contributed by atoms with van der Waals surface area (Å²) in [5, 5.41) is 16.2. The van der Waals surface area contributed by atoms with Gasteiger partial charge >= 0.3 is 0 Å². The fraction of sp³-hybridized carbons (Fsp3) is 0.667. The van der Waals surface area contributed by atoms with E-state index in [0.29, 0.717) is 19.0 Å². The van der Waals surface area contributed by atoms with E-state index in [0.717, 1.165) is 31.4 Å². The Morgan fingerprint density at radius 2 is 1.68 bits per heavy atom. The molecule has 1 aliphatic carbocycles. The van der Waals surface area contributed by atoms with Crippen molar-refractivity contribution in [2.45, 2.75) is 63.1 Å². The number of benzene rings is 1. The Kier molecular flexibility index (Phi) is 5.68. The smallest absolute Gasteiger partial charge is 0.216 e. The minimum absolute atomic E-state index is 0.114. The summed E-state index contributed by atoms with van der Waals surface area (Å²) in [6.45, 7) is 5.36. The van der Waals surface area contributed by atoms with E-state index < -0.39 is 16.4 Å². The maximum absolute atomic E-state index is 12.2. The van der Waals surface area contributed by atoms with E-state index in [-0.39, 0.29) is 11.3 Å². The van der Waals surface area contributed by atoms with E-state index in [1.54, 1.807) is 4.31 Å². The van der Waals surface area contributed by atoms with Gasteiger partial charge in [0.2, 0.25) is 10.0 Å². The van der Waals surface area contributed by atoms with Crippen LogP contribution in [0.1, 0.15) is 51.0 Å². The lowest BCUT2D eigenvalue weighted by molar-refractivity contribution is 0.133. The summed E-state index contributed by atoms with van der Waals surface area (Å²) >= 11 is 0. The van der Waals surface area contributed by atoms with Crippen molar-refractivity contribution in [1.29, 1.82) is 0 Å². The number of piperidine rings is 1. The number of sulfonamides is 1. The Morgan fingerprint density at radius 3 is 2.20 bits per heavy atom. The van der Waals surface area contributed by atoms with Gasteiger partial charge in [-0.1, -0.05) is 26.0 Å². The van der Waals surface area contributed by atoms with Crippen molar-refractivity contribution in [2.75, 3.05) is 18.4 Å². The highest BCUT2D eigenvalue weighted by atomic mass is 32.2. The van der Waals surface area contributed by atoms with E-state index >= 15 is 0 Å². The first-order valence-corrected chi connectivity index (χ1v) is 10.7. The van der Waals surface area contributed by atoms with Gasteiger partial charge in [0.25, 0.3) is 0 Å². The van der Waals surface area contributed by atoms with Crippen LogP contribution in [0.15, 0.2) is 24.3 Å². The van der Waals surface area contributed by atoms with E-state index in [1.165, 1.54) is 5.56 Å². The second-order valence-corrected chi connectivity index (χ2v) is 9.62. The Bertz CT molecular complexity index is 663. The second-order valence-electron chi connectivity index (χ2n) is 7.41. The van der Waals surface area contributed by atoms with Gasteiger partial charge in [-0.25, -0.2) is 12.7 Å². The highest BCUT2D eigenvalue weighted by Gasteiger charge is 2.41. The SMILES string of the molecule is CC(C)c1ccc(NC(O)NC2CCN(S(=O)(=O)C3CC3)CC2)cc1. The van der Waals surface area contributed by atoms with E-state index in [1.807, 2.05) is 12.1 Å². The molecule has 25 heavy (non-hydrogen) atoms. The van der Waals surface area contributed by atoms with Gasteiger partial charge in [0.15, 0.2) is 6.35 Å². The van der Waals surface area contributed by atoms with Crippen molar-refractivity contribution < 1.29 is 13.5 Å². The number of rotatable bonds is 7. The Balaban J connectivity index is 1.45. The topological polar surface area (TPSA) is 81.7 Å². The van der Waals surface area contributed by atoms with Crippen molar-refractivity contribution >= 4 is 15.7 Å². The van der Waals surface area contributed by atoms with Crippen LogP contribution < -0.4 is 10.6 Å². The molecule has 7 heteroatoms. The molecule has 2 fully saturated rings. The molecule has 1 saturated heterocycles. The van der Waals surface area contributed by atoms with E-state index in [9.17, 15) is 13.5 Å². The summed E-state index contributed by atoms with van der Waals surface area (Å²) in [6, 6.07) is 8.15. The molecule has 1 heterocycles. The van der Waals surface area contributed by atoms with Gasteiger partial charge < -0.3 is 10.4 Å². The highest BCUT2D eigenvalue weighted by Crippen LogP contribution is 2.32. The van der Waals surface area contributed by atoms with Crippen molar-refractivity contribution in [2.24, 2.45) is 0 Å². The van der Waals surface area contributed by atoms with Crippen LogP contribution in [0, 0.1) is 0 Å². The summed E-state index contributed by atoms with van der Waals surface area (Å²) in [6.07, 6.45) is 2.20. The Morgan fingerprint density at radius 1 is 1.08 bits per heavy atom. The third-order valence-electron chi connectivity index (χ3n) is 5.03. The van der Waals surface area contributed by atoms with Gasteiger partial charge in [-0.05, 0) is 49.3 Å². The van der Waals surface area contributed by atoms with Crippen molar-refractivity contribution in [3.63, 3.8) is 0 Å². The molecule has 0 amide bonds. The molecule has 1 aliphatic heterocycles. The molecule has 1 atom stereocenters. The molecule has 3 N–H and O–H groups in total. The van der Waals surface area contributed by atoms with E-state index in [4.69, 9.17) is 0 Å². The summed E-state index contributed by atoms with van der Waals surface area (Å²) in [4.78, 5) is 0. The number of hydrogen-bond acceptors (Lipinski definition) is 5. The quantitative estimate of drug-likeness (QED) is 0.643. The van der Waals surface area contributed by atoms with Gasteiger partial charge in [0.05, 0.1) is 5.25 Å². The number of aliphatic hydroxyl groups excluding tert-OH is 1. The third kappa shape index (κ3) is 4.73. The molecule has 1 saturated carbocycles. The summed E-state index contributed by atoms with van der Waals surface area (Å²) < 4.78 is 26.1. The fourth-order valence-corrected chi connectivity index (χ4v) is 5.11. The zero-order chi connectivity index (χ0) is 18.0. The van der Waals surface area contributed by atoms with Gasteiger partial charge in [0, 0.05) is 24.8 Å². The first-order chi connectivity index (χ1) is 11.9. The fourth-order valence-electron chi connectivity index (χ4n) is 3.24. The molecule has 1 unspecified atom stereocenters.